The summed E-state index contributed by atoms with van der Waals surface area (Å²) in [6.45, 7) is 0. The Morgan fingerprint density at radius 1 is 1.18 bits per heavy atom. The quantitative estimate of drug-likeness (QED) is 0.883. The van der Waals surface area contributed by atoms with Crippen LogP contribution in [0.25, 0.3) is 0 Å². The highest BCUT2D eigenvalue weighted by Gasteiger charge is 2.43. The molecule has 1 aromatic carbocycles. The number of carbonyl (C=O) groups is 2. The summed E-state index contributed by atoms with van der Waals surface area (Å²) in [6, 6.07) is 2.78. The van der Waals surface area contributed by atoms with Crippen LogP contribution in [0.5, 0.6) is 17.2 Å². The fourth-order valence-electron chi connectivity index (χ4n) is 2.82. The Morgan fingerprint density at radius 2 is 1.73 bits per heavy atom. The Balaban J connectivity index is 2.55. The van der Waals surface area contributed by atoms with E-state index < -0.39 is 17.9 Å². The summed E-state index contributed by atoms with van der Waals surface area (Å²) in [7, 11) is 6.06. The summed E-state index contributed by atoms with van der Waals surface area (Å²) in [5, 5.41) is 9.37. The van der Waals surface area contributed by atoms with E-state index in [1.807, 2.05) is 0 Å². The molecule has 0 saturated carbocycles. The molecule has 7 heteroatoms. The number of nitrogens with zero attached hydrogens (tertiary/aromatic N) is 1. The maximum absolute atomic E-state index is 11.9. The molecule has 1 aromatic rings. The topological polar surface area (TPSA) is 85.3 Å². The van der Waals surface area contributed by atoms with Gasteiger partial charge in [-0.25, -0.2) is 0 Å². The van der Waals surface area contributed by atoms with Crippen molar-refractivity contribution in [2.75, 3.05) is 28.4 Å². The van der Waals surface area contributed by atoms with E-state index in [9.17, 15) is 14.7 Å². The van der Waals surface area contributed by atoms with E-state index >= 15 is 0 Å². The number of carboxylic acids is 1. The zero-order valence-corrected chi connectivity index (χ0v) is 13.0. The Hall–Kier alpha value is -2.44. The maximum atomic E-state index is 11.9. The third-order valence-corrected chi connectivity index (χ3v) is 3.93. The summed E-state index contributed by atoms with van der Waals surface area (Å²) in [6.07, 6.45) is -0.0207. The molecular weight excluding hydrogens is 290 g/mol. The van der Waals surface area contributed by atoms with E-state index in [2.05, 4.69) is 0 Å². The van der Waals surface area contributed by atoms with Crippen molar-refractivity contribution in [3.05, 3.63) is 17.7 Å². The first kappa shape index (κ1) is 15.9. The Bertz CT molecular complexity index is 575. The maximum Gasteiger partial charge on any atom is 0.309 e. The van der Waals surface area contributed by atoms with E-state index in [4.69, 9.17) is 14.2 Å². The predicted octanol–water partition coefficient (Wildman–Crippen LogP) is 1.32. The third-order valence-electron chi connectivity index (χ3n) is 3.93. The minimum atomic E-state index is -1.00. The molecule has 120 valence electrons. The molecule has 0 bridgehead atoms. The van der Waals surface area contributed by atoms with Crippen LogP contribution in [0, 0.1) is 5.92 Å². The van der Waals surface area contributed by atoms with Gasteiger partial charge < -0.3 is 24.2 Å². The molecule has 1 N–H and O–H groups in total. The van der Waals surface area contributed by atoms with Crippen molar-refractivity contribution in [3.8, 4) is 17.2 Å². The van der Waals surface area contributed by atoms with Gasteiger partial charge in [-0.2, -0.15) is 0 Å². The van der Waals surface area contributed by atoms with Gasteiger partial charge in [0.25, 0.3) is 0 Å². The molecule has 1 aliphatic heterocycles. The Kier molecular flexibility index (Phi) is 4.44. The molecule has 1 amide bonds. The number of aliphatic carboxylic acids is 1. The predicted molar refractivity (Wildman–Crippen MR) is 77.4 cm³/mol. The molecule has 1 fully saturated rings. The van der Waals surface area contributed by atoms with Gasteiger partial charge in [-0.3, -0.25) is 9.59 Å². The highest BCUT2D eigenvalue weighted by atomic mass is 16.5. The number of carbonyl (C=O) groups excluding carboxylic acids is 1. The Labute approximate surface area is 128 Å². The van der Waals surface area contributed by atoms with Crippen molar-refractivity contribution in [2.24, 2.45) is 5.92 Å². The van der Waals surface area contributed by atoms with E-state index in [1.54, 1.807) is 19.2 Å². The highest BCUT2D eigenvalue weighted by Crippen LogP contribution is 2.44. The summed E-state index contributed by atoms with van der Waals surface area (Å²) in [5.74, 6) is -0.738. The van der Waals surface area contributed by atoms with E-state index in [1.165, 1.54) is 26.2 Å². The SMILES string of the molecule is COc1cc([C@@H]2[C@@H](C(=O)O)CC(=O)N2C)cc(OC)c1OC. The fraction of sp³-hybridized carbons (Fsp3) is 0.467. The molecule has 1 aliphatic rings. The van der Waals surface area contributed by atoms with Crippen molar-refractivity contribution in [2.45, 2.75) is 12.5 Å². The van der Waals surface area contributed by atoms with Gasteiger partial charge in [0.1, 0.15) is 0 Å². The first-order valence-corrected chi connectivity index (χ1v) is 6.73. The summed E-state index contributed by atoms with van der Waals surface area (Å²) >= 11 is 0. The molecule has 0 radical (unpaired) electrons. The largest absolute Gasteiger partial charge is 0.493 e. The van der Waals surface area contributed by atoms with Crippen LogP contribution in [0.15, 0.2) is 12.1 Å². The average molecular weight is 309 g/mol. The Morgan fingerprint density at radius 3 is 2.14 bits per heavy atom. The van der Waals surface area contributed by atoms with E-state index in [0.717, 1.165) is 0 Å². The second-order valence-corrected chi connectivity index (χ2v) is 5.06. The number of carboxylic acid groups (broad SMARTS) is 1. The van der Waals surface area contributed by atoms with Crippen LogP contribution in [0.4, 0.5) is 0 Å². The lowest BCUT2D eigenvalue weighted by Gasteiger charge is -2.25. The molecule has 0 aromatic heterocycles. The second kappa shape index (κ2) is 6.13. The standard InChI is InChI=1S/C15H19NO6/c1-16-12(17)7-9(15(18)19)13(16)8-5-10(20-2)14(22-4)11(6-8)21-3/h5-6,9,13H,7H2,1-4H3,(H,18,19)/t9-,13+/m0/s1. The van der Waals surface area contributed by atoms with Crippen molar-refractivity contribution in [3.63, 3.8) is 0 Å². The van der Waals surface area contributed by atoms with Crippen LogP contribution >= 0.6 is 0 Å². The van der Waals surface area contributed by atoms with Crippen LogP contribution in [0.3, 0.4) is 0 Å². The van der Waals surface area contributed by atoms with Gasteiger partial charge in [-0.1, -0.05) is 0 Å². The number of benzene rings is 1. The van der Waals surface area contributed by atoms with Crippen molar-refractivity contribution in [1.29, 1.82) is 0 Å². The minimum Gasteiger partial charge on any atom is -0.493 e. The molecule has 0 spiro atoms. The van der Waals surface area contributed by atoms with Crippen LogP contribution < -0.4 is 14.2 Å². The molecule has 7 nitrogen and oxygen atoms in total. The van der Waals surface area contributed by atoms with Gasteiger partial charge in [0.15, 0.2) is 11.5 Å². The summed E-state index contributed by atoms with van der Waals surface area (Å²) in [4.78, 5) is 24.8. The number of amides is 1. The molecule has 1 saturated heterocycles. The van der Waals surface area contributed by atoms with Gasteiger partial charge in [-0.05, 0) is 17.7 Å². The lowest BCUT2D eigenvalue weighted by atomic mass is 9.93. The van der Waals surface area contributed by atoms with Gasteiger partial charge in [-0.15, -0.1) is 0 Å². The number of hydrogen-bond acceptors (Lipinski definition) is 5. The summed E-state index contributed by atoms with van der Waals surface area (Å²) in [5.41, 5.74) is 0.634. The molecule has 22 heavy (non-hydrogen) atoms. The van der Waals surface area contributed by atoms with Crippen LogP contribution in [0.2, 0.25) is 0 Å². The monoisotopic (exact) mass is 309 g/mol. The minimum absolute atomic E-state index is 0.0207. The smallest absolute Gasteiger partial charge is 0.309 e. The molecule has 2 atom stereocenters. The molecule has 0 aliphatic carbocycles. The van der Waals surface area contributed by atoms with Crippen molar-refractivity contribution < 1.29 is 28.9 Å². The fourth-order valence-corrected chi connectivity index (χ4v) is 2.82. The van der Waals surface area contributed by atoms with Crippen molar-refractivity contribution in [1.82, 2.24) is 4.90 Å². The molecule has 2 rings (SSSR count). The lowest BCUT2D eigenvalue weighted by molar-refractivity contribution is -0.142. The first-order valence-electron chi connectivity index (χ1n) is 6.73. The number of likely N-dealkylation sites (tertiary alicyclic amines) is 1. The van der Waals surface area contributed by atoms with Gasteiger partial charge in [0.05, 0.1) is 33.3 Å². The zero-order chi connectivity index (χ0) is 16.4. The van der Waals surface area contributed by atoms with E-state index in [-0.39, 0.29) is 12.3 Å². The van der Waals surface area contributed by atoms with Crippen LogP contribution in [-0.4, -0.2) is 50.3 Å². The normalized spacial score (nSPS) is 20.9. The summed E-state index contributed by atoms with van der Waals surface area (Å²) < 4.78 is 15.8. The van der Waals surface area contributed by atoms with Crippen LogP contribution in [0.1, 0.15) is 18.0 Å². The molecule has 0 unspecified atom stereocenters. The number of methoxy groups -OCH3 is 3. The highest BCUT2D eigenvalue weighted by molar-refractivity contribution is 5.87. The van der Waals surface area contributed by atoms with Crippen molar-refractivity contribution >= 4 is 11.9 Å². The van der Waals surface area contributed by atoms with E-state index in [0.29, 0.717) is 22.8 Å². The molecular formula is C15H19NO6. The lowest BCUT2D eigenvalue weighted by Crippen LogP contribution is -2.27. The van der Waals surface area contributed by atoms with Gasteiger partial charge in [0.2, 0.25) is 11.7 Å². The number of ether oxygens (including phenoxy) is 3. The van der Waals surface area contributed by atoms with Gasteiger partial charge >= 0.3 is 5.97 Å². The average Bonchev–Trinajstić information content (AvgIpc) is 2.81. The second-order valence-electron chi connectivity index (χ2n) is 5.06. The first-order chi connectivity index (χ1) is 10.4. The number of hydrogen-bond donors (Lipinski definition) is 1. The third kappa shape index (κ3) is 2.54. The van der Waals surface area contributed by atoms with Crippen LogP contribution in [-0.2, 0) is 9.59 Å². The number of rotatable bonds is 5. The molecule has 1 heterocycles. The zero-order valence-electron chi connectivity index (χ0n) is 13.0. The van der Waals surface area contributed by atoms with Gasteiger partial charge in [0, 0.05) is 13.5 Å².